The van der Waals surface area contributed by atoms with Crippen molar-refractivity contribution in [3.05, 3.63) is 24.4 Å². The highest BCUT2D eigenvalue weighted by atomic mass is 16.2. The van der Waals surface area contributed by atoms with E-state index in [1.54, 1.807) is 0 Å². The van der Waals surface area contributed by atoms with Crippen LogP contribution in [0.3, 0.4) is 0 Å². The molecule has 1 amide bonds. The number of piperazine rings is 1. The molecule has 25 heavy (non-hydrogen) atoms. The van der Waals surface area contributed by atoms with Crippen molar-refractivity contribution < 1.29 is 4.79 Å². The number of carbonyl (C=O) groups excluding carboxylic acids is 1. The summed E-state index contributed by atoms with van der Waals surface area (Å²) in [5, 5.41) is 0. The van der Waals surface area contributed by atoms with Crippen molar-refractivity contribution in [3.8, 4) is 0 Å². The molecule has 0 spiro atoms. The van der Waals surface area contributed by atoms with Gasteiger partial charge in [-0.3, -0.25) is 4.79 Å². The van der Waals surface area contributed by atoms with Crippen LogP contribution in [0, 0.1) is 5.92 Å². The molecule has 138 valence electrons. The Balaban J connectivity index is 1.39. The maximum absolute atomic E-state index is 12.6. The fraction of sp³-hybridized carbons (Fsp3) is 0.700. The van der Waals surface area contributed by atoms with Gasteiger partial charge in [-0.15, -0.1) is 0 Å². The first-order valence-electron chi connectivity index (χ1n) is 9.92. The van der Waals surface area contributed by atoms with Gasteiger partial charge in [0, 0.05) is 45.3 Å². The van der Waals surface area contributed by atoms with Crippen LogP contribution in [0.5, 0.6) is 0 Å². The number of nitrogens with zero attached hydrogens (tertiary/aromatic N) is 4. The Morgan fingerprint density at radius 3 is 2.76 bits per heavy atom. The highest BCUT2D eigenvalue weighted by molar-refractivity contribution is 5.76. The zero-order valence-electron chi connectivity index (χ0n) is 15.6. The number of pyridine rings is 1. The van der Waals surface area contributed by atoms with Gasteiger partial charge in [0.05, 0.1) is 0 Å². The largest absolute Gasteiger partial charge is 0.353 e. The SMILES string of the molecule is CCCN1CCC[C@@H](CCC(=O)N2CCN(c3ccccn3)CC2)C1. The molecule has 0 aliphatic carbocycles. The number of hydrogen-bond donors (Lipinski definition) is 0. The molecule has 0 radical (unpaired) electrons. The summed E-state index contributed by atoms with van der Waals surface area (Å²) in [6.45, 7) is 9.30. The Morgan fingerprint density at radius 2 is 2.04 bits per heavy atom. The normalized spacial score (nSPS) is 22.2. The summed E-state index contributed by atoms with van der Waals surface area (Å²) in [5.41, 5.74) is 0. The molecule has 5 nitrogen and oxygen atoms in total. The molecular formula is C20H32N4O. The highest BCUT2D eigenvalue weighted by Crippen LogP contribution is 2.22. The van der Waals surface area contributed by atoms with Crippen molar-refractivity contribution in [2.45, 2.75) is 39.0 Å². The Labute approximate surface area is 152 Å². The predicted octanol–water partition coefficient (Wildman–Crippen LogP) is 2.63. The van der Waals surface area contributed by atoms with Gasteiger partial charge < -0.3 is 14.7 Å². The molecule has 2 saturated heterocycles. The number of anilines is 1. The molecule has 2 aliphatic heterocycles. The van der Waals surface area contributed by atoms with Gasteiger partial charge in [0.2, 0.25) is 5.91 Å². The minimum absolute atomic E-state index is 0.341. The molecule has 3 heterocycles. The molecule has 1 atom stereocenters. The van der Waals surface area contributed by atoms with Gasteiger partial charge in [-0.05, 0) is 56.8 Å². The third-order valence-electron chi connectivity index (χ3n) is 5.52. The molecule has 0 bridgehead atoms. The fourth-order valence-electron chi connectivity index (χ4n) is 4.12. The molecular weight excluding hydrogens is 312 g/mol. The Hall–Kier alpha value is -1.62. The van der Waals surface area contributed by atoms with E-state index >= 15 is 0 Å². The summed E-state index contributed by atoms with van der Waals surface area (Å²) in [7, 11) is 0. The summed E-state index contributed by atoms with van der Waals surface area (Å²) in [6, 6.07) is 6.00. The Kier molecular flexibility index (Phi) is 6.68. The Morgan fingerprint density at radius 1 is 1.20 bits per heavy atom. The second-order valence-electron chi connectivity index (χ2n) is 7.40. The van der Waals surface area contributed by atoms with E-state index in [9.17, 15) is 4.79 Å². The summed E-state index contributed by atoms with van der Waals surface area (Å²) in [4.78, 5) is 23.9. The van der Waals surface area contributed by atoms with Crippen molar-refractivity contribution in [2.24, 2.45) is 5.92 Å². The minimum atomic E-state index is 0.341. The van der Waals surface area contributed by atoms with Gasteiger partial charge in [0.1, 0.15) is 5.82 Å². The maximum atomic E-state index is 12.6. The molecule has 0 N–H and O–H groups in total. The van der Waals surface area contributed by atoms with E-state index in [-0.39, 0.29) is 0 Å². The van der Waals surface area contributed by atoms with Crippen molar-refractivity contribution in [1.82, 2.24) is 14.8 Å². The zero-order valence-corrected chi connectivity index (χ0v) is 15.6. The van der Waals surface area contributed by atoms with Crippen molar-refractivity contribution in [2.75, 3.05) is 50.7 Å². The van der Waals surface area contributed by atoms with E-state index in [1.165, 1.54) is 38.9 Å². The Bertz CT molecular complexity index is 526. The number of aromatic nitrogens is 1. The average molecular weight is 345 g/mol. The lowest BCUT2D eigenvalue weighted by atomic mass is 9.93. The number of piperidine rings is 1. The van der Waals surface area contributed by atoms with Crippen molar-refractivity contribution in [1.29, 1.82) is 0 Å². The molecule has 1 aromatic heterocycles. The first-order chi connectivity index (χ1) is 12.3. The molecule has 1 aromatic rings. The standard InChI is InChI=1S/C20H32N4O/c1-2-11-22-12-5-6-18(17-22)8-9-20(25)24-15-13-23(14-16-24)19-7-3-4-10-21-19/h3-4,7,10,18H,2,5-6,8-9,11-17H2,1H3/t18-/m0/s1. The van der Waals surface area contributed by atoms with Crippen LogP contribution in [0.15, 0.2) is 24.4 Å². The lowest BCUT2D eigenvalue weighted by Gasteiger charge is -2.36. The van der Waals surface area contributed by atoms with Gasteiger partial charge in [-0.25, -0.2) is 4.98 Å². The van der Waals surface area contributed by atoms with E-state index in [4.69, 9.17) is 0 Å². The van der Waals surface area contributed by atoms with Crippen LogP contribution in [0.2, 0.25) is 0 Å². The second kappa shape index (κ2) is 9.18. The first kappa shape index (κ1) is 18.2. The van der Waals surface area contributed by atoms with Crippen LogP contribution in [0.1, 0.15) is 39.0 Å². The molecule has 5 heteroatoms. The van der Waals surface area contributed by atoms with Crippen molar-refractivity contribution in [3.63, 3.8) is 0 Å². The fourth-order valence-corrected chi connectivity index (χ4v) is 4.12. The van der Waals surface area contributed by atoms with Crippen LogP contribution in [0.25, 0.3) is 0 Å². The van der Waals surface area contributed by atoms with Gasteiger partial charge in [0.15, 0.2) is 0 Å². The van der Waals surface area contributed by atoms with Gasteiger partial charge >= 0.3 is 0 Å². The minimum Gasteiger partial charge on any atom is -0.353 e. The highest BCUT2D eigenvalue weighted by Gasteiger charge is 2.24. The van der Waals surface area contributed by atoms with Gasteiger partial charge in [0.25, 0.3) is 0 Å². The van der Waals surface area contributed by atoms with Crippen LogP contribution < -0.4 is 4.90 Å². The summed E-state index contributed by atoms with van der Waals surface area (Å²) >= 11 is 0. The molecule has 3 rings (SSSR count). The summed E-state index contributed by atoms with van der Waals surface area (Å²) in [5.74, 6) is 2.07. The topological polar surface area (TPSA) is 39.7 Å². The quantitative estimate of drug-likeness (QED) is 0.795. The lowest BCUT2D eigenvalue weighted by Crippen LogP contribution is -2.49. The van der Waals surface area contributed by atoms with Crippen LogP contribution in [-0.4, -0.2) is 66.5 Å². The molecule has 2 fully saturated rings. The third-order valence-corrected chi connectivity index (χ3v) is 5.52. The summed E-state index contributed by atoms with van der Waals surface area (Å²) < 4.78 is 0. The van der Waals surface area contributed by atoms with Crippen LogP contribution >= 0.6 is 0 Å². The maximum Gasteiger partial charge on any atom is 0.222 e. The van der Waals surface area contributed by atoms with Crippen molar-refractivity contribution >= 4 is 11.7 Å². The van der Waals surface area contributed by atoms with Crippen LogP contribution in [0.4, 0.5) is 5.82 Å². The number of likely N-dealkylation sites (tertiary alicyclic amines) is 1. The summed E-state index contributed by atoms with van der Waals surface area (Å²) in [6.07, 6.45) is 7.42. The molecule has 2 aliphatic rings. The van der Waals surface area contributed by atoms with E-state index < -0.39 is 0 Å². The monoisotopic (exact) mass is 344 g/mol. The first-order valence-corrected chi connectivity index (χ1v) is 9.92. The molecule has 0 aromatic carbocycles. The van der Waals surface area contributed by atoms with E-state index in [0.717, 1.165) is 38.4 Å². The molecule has 0 unspecified atom stereocenters. The average Bonchev–Trinajstić information content (AvgIpc) is 2.67. The smallest absolute Gasteiger partial charge is 0.222 e. The molecule has 0 saturated carbocycles. The van der Waals surface area contributed by atoms with Crippen LogP contribution in [-0.2, 0) is 4.79 Å². The predicted molar refractivity (Wildman–Crippen MR) is 102 cm³/mol. The lowest BCUT2D eigenvalue weighted by molar-refractivity contribution is -0.131. The van der Waals surface area contributed by atoms with E-state index in [1.807, 2.05) is 29.3 Å². The zero-order chi connectivity index (χ0) is 17.5. The van der Waals surface area contributed by atoms with Gasteiger partial charge in [-0.2, -0.15) is 0 Å². The van der Waals surface area contributed by atoms with E-state index in [2.05, 4.69) is 21.7 Å². The number of amides is 1. The number of rotatable bonds is 6. The van der Waals surface area contributed by atoms with Gasteiger partial charge in [-0.1, -0.05) is 13.0 Å². The number of hydrogen-bond acceptors (Lipinski definition) is 4. The third kappa shape index (κ3) is 5.18. The second-order valence-corrected chi connectivity index (χ2v) is 7.40. The van der Waals surface area contributed by atoms with E-state index in [0.29, 0.717) is 18.2 Å². The number of carbonyl (C=O) groups is 1.